The van der Waals surface area contributed by atoms with Crippen molar-refractivity contribution in [3.63, 3.8) is 0 Å². The Kier molecular flexibility index (Phi) is 2.93. The molecule has 1 aromatic heterocycles. The van der Waals surface area contributed by atoms with E-state index in [1.807, 2.05) is 12.4 Å². The fraction of sp³-hybridized carbons (Fsp3) is 0.222. The summed E-state index contributed by atoms with van der Waals surface area (Å²) in [6.07, 6.45) is 3.66. The topological polar surface area (TPSA) is 29.0 Å². The highest BCUT2D eigenvalue weighted by atomic mass is 15.1. The molecule has 1 aliphatic heterocycles. The van der Waals surface area contributed by atoms with E-state index in [0.29, 0.717) is 5.92 Å². The lowest BCUT2D eigenvalue weighted by Gasteiger charge is -2.32. The minimum Gasteiger partial charge on any atom is -0.301 e. The average Bonchev–Trinajstić information content (AvgIpc) is 2.53. The first-order chi connectivity index (χ1) is 10.3. The molecule has 0 N–H and O–H groups in total. The van der Waals surface area contributed by atoms with Crippen molar-refractivity contribution in [2.24, 2.45) is 0 Å². The van der Waals surface area contributed by atoms with Crippen molar-refractivity contribution in [1.29, 1.82) is 0 Å². The third kappa shape index (κ3) is 2.20. The maximum Gasteiger partial charge on any atom is 0.0574 e. The molecule has 3 nitrogen and oxygen atoms in total. The van der Waals surface area contributed by atoms with Gasteiger partial charge in [-0.25, -0.2) is 0 Å². The summed E-state index contributed by atoms with van der Waals surface area (Å²) < 4.78 is 0. The minimum atomic E-state index is 0.428. The Morgan fingerprint density at radius 2 is 1.81 bits per heavy atom. The van der Waals surface area contributed by atoms with E-state index < -0.39 is 0 Å². The van der Waals surface area contributed by atoms with E-state index in [1.54, 1.807) is 0 Å². The number of hydrogen-bond donors (Lipinski definition) is 0. The lowest BCUT2D eigenvalue weighted by molar-refractivity contribution is 0.295. The molecule has 0 unspecified atom stereocenters. The molecule has 2 aromatic carbocycles. The largest absolute Gasteiger partial charge is 0.301 e. The van der Waals surface area contributed by atoms with Gasteiger partial charge in [-0.1, -0.05) is 36.4 Å². The van der Waals surface area contributed by atoms with Gasteiger partial charge in [-0.2, -0.15) is 10.2 Å². The van der Waals surface area contributed by atoms with Crippen LogP contribution in [0.4, 0.5) is 0 Å². The Morgan fingerprint density at radius 1 is 1.00 bits per heavy atom. The van der Waals surface area contributed by atoms with Crippen LogP contribution in [0.1, 0.15) is 22.6 Å². The van der Waals surface area contributed by atoms with E-state index in [9.17, 15) is 0 Å². The third-order valence-electron chi connectivity index (χ3n) is 4.34. The first kappa shape index (κ1) is 12.5. The molecule has 2 heterocycles. The van der Waals surface area contributed by atoms with Crippen LogP contribution in [0.5, 0.6) is 0 Å². The molecule has 4 rings (SSSR count). The quantitative estimate of drug-likeness (QED) is 0.683. The zero-order valence-corrected chi connectivity index (χ0v) is 12.0. The Hall–Kier alpha value is -2.26. The summed E-state index contributed by atoms with van der Waals surface area (Å²) in [5, 5.41) is 10.2. The van der Waals surface area contributed by atoms with Crippen LogP contribution >= 0.6 is 0 Å². The van der Waals surface area contributed by atoms with Crippen molar-refractivity contribution in [2.75, 3.05) is 13.6 Å². The van der Waals surface area contributed by atoms with Gasteiger partial charge >= 0.3 is 0 Å². The monoisotopic (exact) mass is 275 g/mol. The minimum absolute atomic E-state index is 0.428. The van der Waals surface area contributed by atoms with Crippen LogP contribution < -0.4 is 0 Å². The number of fused-ring (bicyclic) bond motifs is 2. The first-order valence-electron chi connectivity index (χ1n) is 7.28. The lowest BCUT2D eigenvalue weighted by atomic mass is 9.84. The van der Waals surface area contributed by atoms with Gasteiger partial charge in [0.15, 0.2) is 0 Å². The maximum atomic E-state index is 4.00. The van der Waals surface area contributed by atoms with E-state index in [4.69, 9.17) is 0 Å². The van der Waals surface area contributed by atoms with Gasteiger partial charge in [0.1, 0.15) is 0 Å². The molecular formula is C18H17N3. The highest BCUT2D eigenvalue weighted by Gasteiger charge is 2.24. The van der Waals surface area contributed by atoms with Crippen LogP contribution in [-0.2, 0) is 6.54 Å². The van der Waals surface area contributed by atoms with Crippen molar-refractivity contribution in [3.05, 3.63) is 71.5 Å². The fourth-order valence-corrected chi connectivity index (χ4v) is 3.30. The molecule has 0 fully saturated rings. The molecule has 0 radical (unpaired) electrons. The van der Waals surface area contributed by atoms with Gasteiger partial charge in [-0.3, -0.25) is 0 Å². The van der Waals surface area contributed by atoms with Crippen molar-refractivity contribution < 1.29 is 0 Å². The fourth-order valence-electron chi connectivity index (χ4n) is 3.30. The molecule has 3 aromatic rings. The molecule has 0 saturated carbocycles. The Bertz CT molecular complexity index is 797. The summed E-state index contributed by atoms with van der Waals surface area (Å²) in [4.78, 5) is 2.39. The van der Waals surface area contributed by atoms with E-state index in [0.717, 1.165) is 23.9 Å². The number of benzene rings is 2. The molecule has 104 valence electrons. The summed E-state index contributed by atoms with van der Waals surface area (Å²) in [6.45, 7) is 2.09. The molecule has 1 atom stereocenters. The molecule has 0 aliphatic carbocycles. The summed E-state index contributed by atoms with van der Waals surface area (Å²) in [5.74, 6) is 0.428. The maximum absolute atomic E-state index is 4.00. The predicted octanol–water partition coefficient (Wildman–Crippen LogP) is 3.21. The molecular weight excluding hydrogens is 258 g/mol. The molecule has 0 bridgehead atoms. The molecule has 21 heavy (non-hydrogen) atoms. The molecule has 0 spiro atoms. The second-order valence-corrected chi connectivity index (χ2v) is 5.83. The summed E-state index contributed by atoms with van der Waals surface area (Å²) in [6, 6.07) is 15.4. The van der Waals surface area contributed by atoms with Crippen molar-refractivity contribution in [3.8, 4) is 0 Å². The Balaban J connectivity index is 1.84. The zero-order valence-electron chi connectivity index (χ0n) is 12.0. The number of nitrogens with zero attached hydrogens (tertiary/aromatic N) is 3. The predicted molar refractivity (Wildman–Crippen MR) is 84.2 cm³/mol. The Labute approximate surface area is 124 Å². The van der Waals surface area contributed by atoms with Crippen LogP contribution in [-0.4, -0.2) is 28.7 Å². The first-order valence-corrected chi connectivity index (χ1v) is 7.28. The van der Waals surface area contributed by atoms with Gasteiger partial charge in [-0.15, -0.1) is 0 Å². The highest BCUT2D eigenvalue weighted by molar-refractivity contribution is 5.81. The lowest BCUT2D eigenvalue weighted by Crippen LogP contribution is -2.30. The van der Waals surface area contributed by atoms with Gasteiger partial charge in [-0.05, 0) is 29.8 Å². The van der Waals surface area contributed by atoms with Crippen LogP contribution in [0.2, 0.25) is 0 Å². The summed E-state index contributed by atoms with van der Waals surface area (Å²) in [7, 11) is 2.19. The van der Waals surface area contributed by atoms with Gasteiger partial charge in [0.05, 0.1) is 12.4 Å². The zero-order chi connectivity index (χ0) is 14.2. The summed E-state index contributed by atoms with van der Waals surface area (Å²) in [5.41, 5.74) is 4.25. The van der Waals surface area contributed by atoms with Crippen molar-refractivity contribution in [1.82, 2.24) is 15.1 Å². The van der Waals surface area contributed by atoms with Crippen molar-refractivity contribution in [2.45, 2.75) is 12.5 Å². The SMILES string of the molecule is CN1Cc2ccccc2[C@@H](c2ccc3cnncc3c2)C1. The highest BCUT2D eigenvalue weighted by Crippen LogP contribution is 2.33. The van der Waals surface area contributed by atoms with E-state index >= 15 is 0 Å². The van der Waals surface area contributed by atoms with Gasteiger partial charge in [0.2, 0.25) is 0 Å². The number of rotatable bonds is 1. The normalized spacial score (nSPS) is 18.6. The van der Waals surface area contributed by atoms with E-state index in [1.165, 1.54) is 16.7 Å². The number of likely N-dealkylation sites (N-methyl/N-ethyl adjacent to an activating group) is 1. The molecule has 0 amide bonds. The molecule has 3 heteroatoms. The average molecular weight is 275 g/mol. The smallest absolute Gasteiger partial charge is 0.0574 e. The van der Waals surface area contributed by atoms with Crippen molar-refractivity contribution >= 4 is 10.8 Å². The standard InChI is InChI=1S/C18H17N3/c1-21-11-15-4-2-3-5-17(15)18(12-21)13-6-7-14-9-19-20-10-16(14)8-13/h2-10,18H,11-12H2,1H3/t18-/m1/s1. The van der Waals surface area contributed by atoms with Crippen LogP contribution in [0.25, 0.3) is 10.8 Å². The van der Waals surface area contributed by atoms with E-state index in [-0.39, 0.29) is 0 Å². The second-order valence-electron chi connectivity index (χ2n) is 5.83. The number of hydrogen-bond acceptors (Lipinski definition) is 3. The van der Waals surface area contributed by atoms with Gasteiger partial charge in [0, 0.05) is 29.8 Å². The third-order valence-corrected chi connectivity index (χ3v) is 4.34. The summed E-state index contributed by atoms with van der Waals surface area (Å²) >= 11 is 0. The molecule has 0 saturated heterocycles. The van der Waals surface area contributed by atoms with E-state index in [2.05, 4.69) is 64.6 Å². The van der Waals surface area contributed by atoms with Crippen LogP contribution in [0, 0.1) is 0 Å². The second kappa shape index (κ2) is 4.93. The van der Waals surface area contributed by atoms with Crippen LogP contribution in [0.3, 0.4) is 0 Å². The Morgan fingerprint density at radius 3 is 2.71 bits per heavy atom. The molecule has 1 aliphatic rings. The van der Waals surface area contributed by atoms with Crippen LogP contribution in [0.15, 0.2) is 54.9 Å². The van der Waals surface area contributed by atoms with Gasteiger partial charge in [0.25, 0.3) is 0 Å². The van der Waals surface area contributed by atoms with Gasteiger partial charge < -0.3 is 4.90 Å². The number of aromatic nitrogens is 2.